The maximum atomic E-state index is 9.63. The van der Waals surface area contributed by atoms with E-state index >= 15 is 0 Å². The Morgan fingerprint density at radius 1 is 1.25 bits per heavy atom. The van der Waals surface area contributed by atoms with Gasteiger partial charge < -0.3 is 5.11 Å². The van der Waals surface area contributed by atoms with Crippen molar-refractivity contribution in [1.29, 1.82) is 0 Å². The molecule has 1 N–H and O–H groups in total. The van der Waals surface area contributed by atoms with E-state index in [9.17, 15) is 5.11 Å². The average molecular weight is 366 g/mol. The first-order valence-electron chi connectivity index (χ1n) is 6.14. The number of aliphatic hydroxyl groups excluding tert-OH is 1. The third-order valence-corrected chi connectivity index (χ3v) is 5.67. The SMILES string of the molecule is C[C@H](O)c1ccc(Sc2nc3ccccc3s2)cc1Br. The topological polar surface area (TPSA) is 33.1 Å². The highest BCUT2D eigenvalue weighted by Gasteiger charge is 2.09. The highest BCUT2D eigenvalue weighted by atomic mass is 79.9. The fourth-order valence-corrected chi connectivity index (χ4v) is 4.85. The maximum Gasteiger partial charge on any atom is 0.155 e. The van der Waals surface area contributed by atoms with Crippen LogP contribution in [0.2, 0.25) is 0 Å². The van der Waals surface area contributed by atoms with Gasteiger partial charge in [0.05, 0.1) is 16.3 Å². The number of thiazole rings is 1. The number of aromatic nitrogens is 1. The lowest BCUT2D eigenvalue weighted by molar-refractivity contribution is 0.198. The number of hydrogen-bond donors (Lipinski definition) is 1. The van der Waals surface area contributed by atoms with Gasteiger partial charge in [-0.2, -0.15) is 0 Å². The number of aliphatic hydroxyl groups is 1. The third kappa shape index (κ3) is 2.91. The number of halogens is 1. The monoisotopic (exact) mass is 365 g/mol. The van der Waals surface area contributed by atoms with Gasteiger partial charge in [0, 0.05) is 9.37 Å². The molecule has 2 aromatic carbocycles. The molecule has 0 saturated carbocycles. The zero-order chi connectivity index (χ0) is 14.1. The van der Waals surface area contributed by atoms with Gasteiger partial charge in [-0.15, -0.1) is 11.3 Å². The normalized spacial score (nSPS) is 12.8. The molecule has 0 aliphatic rings. The number of benzene rings is 2. The molecule has 0 aliphatic carbocycles. The molecule has 2 nitrogen and oxygen atoms in total. The minimum atomic E-state index is -0.467. The van der Waals surface area contributed by atoms with E-state index < -0.39 is 6.10 Å². The molecule has 0 fully saturated rings. The fourth-order valence-electron chi connectivity index (χ4n) is 1.91. The van der Waals surface area contributed by atoms with Gasteiger partial charge in [0.15, 0.2) is 4.34 Å². The van der Waals surface area contributed by atoms with Crippen molar-refractivity contribution in [1.82, 2.24) is 4.98 Å². The highest BCUT2D eigenvalue weighted by Crippen LogP contribution is 2.36. The van der Waals surface area contributed by atoms with E-state index in [0.717, 1.165) is 24.8 Å². The van der Waals surface area contributed by atoms with E-state index in [1.54, 1.807) is 30.0 Å². The zero-order valence-electron chi connectivity index (χ0n) is 10.7. The second-order valence-corrected chi connectivity index (χ2v) is 7.61. The molecular weight excluding hydrogens is 354 g/mol. The van der Waals surface area contributed by atoms with Gasteiger partial charge in [-0.3, -0.25) is 0 Å². The molecule has 1 heterocycles. The lowest BCUT2D eigenvalue weighted by Crippen LogP contribution is -1.92. The molecule has 1 atom stereocenters. The van der Waals surface area contributed by atoms with Crippen LogP contribution in [0.25, 0.3) is 10.2 Å². The second kappa shape index (κ2) is 5.85. The molecule has 5 heteroatoms. The molecule has 0 spiro atoms. The first-order valence-corrected chi connectivity index (χ1v) is 8.57. The van der Waals surface area contributed by atoms with Crippen molar-refractivity contribution in [3.63, 3.8) is 0 Å². The third-order valence-electron chi connectivity index (χ3n) is 2.90. The van der Waals surface area contributed by atoms with Crippen LogP contribution in [-0.2, 0) is 0 Å². The van der Waals surface area contributed by atoms with Crippen molar-refractivity contribution in [2.24, 2.45) is 0 Å². The van der Waals surface area contributed by atoms with Crippen molar-refractivity contribution in [3.05, 3.63) is 52.5 Å². The quantitative estimate of drug-likeness (QED) is 0.686. The van der Waals surface area contributed by atoms with Crippen molar-refractivity contribution >= 4 is 49.2 Å². The van der Waals surface area contributed by atoms with Crippen LogP contribution in [0.5, 0.6) is 0 Å². The van der Waals surface area contributed by atoms with Crippen molar-refractivity contribution in [2.45, 2.75) is 22.3 Å². The molecule has 3 rings (SSSR count). The van der Waals surface area contributed by atoms with E-state index in [2.05, 4.69) is 27.0 Å². The molecular formula is C15H12BrNOS2. The average Bonchev–Trinajstić information content (AvgIpc) is 2.80. The van der Waals surface area contributed by atoms with Crippen molar-refractivity contribution in [2.75, 3.05) is 0 Å². The summed E-state index contributed by atoms with van der Waals surface area (Å²) in [6, 6.07) is 14.1. The van der Waals surface area contributed by atoms with E-state index in [4.69, 9.17) is 0 Å². The van der Waals surface area contributed by atoms with Crippen LogP contribution < -0.4 is 0 Å². The van der Waals surface area contributed by atoms with Gasteiger partial charge in [-0.25, -0.2) is 4.98 Å². The molecule has 1 aromatic heterocycles. The summed E-state index contributed by atoms with van der Waals surface area (Å²) in [7, 11) is 0. The number of hydrogen-bond acceptors (Lipinski definition) is 4. The summed E-state index contributed by atoms with van der Waals surface area (Å²) in [6.07, 6.45) is -0.467. The summed E-state index contributed by atoms with van der Waals surface area (Å²) < 4.78 is 3.16. The Kier molecular flexibility index (Phi) is 4.12. The molecule has 0 amide bonds. The maximum absolute atomic E-state index is 9.63. The Morgan fingerprint density at radius 2 is 2.05 bits per heavy atom. The van der Waals surface area contributed by atoms with Gasteiger partial charge in [0.25, 0.3) is 0 Å². The predicted molar refractivity (Wildman–Crippen MR) is 88.5 cm³/mol. The molecule has 0 saturated heterocycles. The molecule has 0 aliphatic heterocycles. The van der Waals surface area contributed by atoms with Crippen LogP contribution in [0.1, 0.15) is 18.6 Å². The summed E-state index contributed by atoms with van der Waals surface area (Å²) in [5.41, 5.74) is 1.94. The van der Waals surface area contributed by atoms with E-state index in [1.807, 2.05) is 36.4 Å². The van der Waals surface area contributed by atoms with E-state index in [1.165, 1.54) is 4.70 Å². The Morgan fingerprint density at radius 3 is 2.75 bits per heavy atom. The zero-order valence-corrected chi connectivity index (χ0v) is 13.9. The Labute approximate surface area is 134 Å². The summed E-state index contributed by atoms with van der Waals surface area (Å²) >= 11 is 6.84. The number of fused-ring (bicyclic) bond motifs is 1. The minimum absolute atomic E-state index is 0.467. The number of rotatable bonds is 3. The van der Waals surface area contributed by atoms with E-state index in [0.29, 0.717) is 0 Å². The fraction of sp³-hybridized carbons (Fsp3) is 0.133. The Hall–Kier alpha value is -0.880. The lowest BCUT2D eigenvalue weighted by Gasteiger charge is -2.08. The summed E-state index contributed by atoms with van der Waals surface area (Å²) in [6.45, 7) is 1.76. The Balaban J connectivity index is 1.89. The summed E-state index contributed by atoms with van der Waals surface area (Å²) in [5.74, 6) is 0. The minimum Gasteiger partial charge on any atom is -0.389 e. The molecule has 0 radical (unpaired) electrons. The first kappa shape index (κ1) is 14.1. The van der Waals surface area contributed by atoms with Gasteiger partial charge in [-0.1, -0.05) is 45.9 Å². The van der Waals surface area contributed by atoms with Gasteiger partial charge in [0.1, 0.15) is 0 Å². The number of para-hydroxylation sites is 1. The smallest absolute Gasteiger partial charge is 0.155 e. The summed E-state index contributed by atoms with van der Waals surface area (Å²) in [4.78, 5) is 5.72. The van der Waals surface area contributed by atoms with Crippen molar-refractivity contribution in [3.8, 4) is 0 Å². The van der Waals surface area contributed by atoms with Crippen LogP contribution in [-0.4, -0.2) is 10.1 Å². The van der Waals surface area contributed by atoms with Gasteiger partial charge in [-0.05, 0) is 36.8 Å². The van der Waals surface area contributed by atoms with Crippen LogP contribution in [0.3, 0.4) is 0 Å². The van der Waals surface area contributed by atoms with Crippen LogP contribution >= 0.6 is 39.0 Å². The van der Waals surface area contributed by atoms with Gasteiger partial charge >= 0.3 is 0 Å². The molecule has 0 unspecified atom stereocenters. The number of nitrogens with zero attached hydrogens (tertiary/aromatic N) is 1. The van der Waals surface area contributed by atoms with Gasteiger partial charge in [0.2, 0.25) is 0 Å². The highest BCUT2D eigenvalue weighted by molar-refractivity contribution is 9.10. The van der Waals surface area contributed by atoms with Crippen LogP contribution in [0.4, 0.5) is 0 Å². The summed E-state index contributed by atoms with van der Waals surface area (Å²) in [5, 5.41) is 9.63. The van der Waals surface area contributed by atoms with Crippen LogP contribution in [0, 0.1) is 0 Å². The largest absolute Gasteiger partial charge is 0.389 e. The predicted octanol–water partition coefficient (Wildman–Crippen LogP) is 5.26. The second-order valence-electron chi connectivity index (χ2n) is 4.41. The standard InChI is InChI=1S/C15H12BrNOS2/c1-9(18)11-7-6-10(8-12(11)16)19-15-17-13-4-2-3-5-14(13)20-15/h2-9,18H,1H3/t9-/m0/s1. The molecule has 20 heavy (non-hydrogen) atoms. The van der Waals surface area contributed by atoms with Crippen molar-refractivity contribution < 1.29 is 5.11 Å². The van der Waals surface area contributed by atoms with E-state index in [-0.39, 0.29) is 0 Å². The Bertz CT molecular complexity index is 721. The van der Waals surface area contributed by atoms with Crippen LogP contribution in [0.15, 0.2) is 56.2 Å². The molecule has 3 aromatic rings. The molecule has 0 bridgehead atoms. The lowest BCUT2D eigenvalue weighted by atomic mass is 10.1. The first-order chi connectivity index (χ1) is 9.63. The molecule has 102 valence electrons.